The maximum atomic E-state index is 12.3. The summed E-state index contributed by atoms with van der Waals surface area (Å²) in [7, 11) is 0. The fraction of sp³-hybridized carbons (Fsp3) is 0. The summed E-state index contributed by atoms with van der Waals surface area (Å²) in [6, 6.07) is 1.32. The van der Waals surface area contributed by atoms with Crippen LogP contribution in [0.1, 0.15) is 1.37 Å². The smallest absolute Gasteiger partial charge is 0.213 e. The van der Waals surface area contributed by atoms with Gasteiger partial charge in [-0.15, -0.1) is 0 Å². The van der Waals surface area contributed by atoms with E-state index in [1.807, 2.05) is 0 Å². The molecule has 0 aliphatic heterocycles. The summed E-state index contributed by atoms with van der Waals surface area (Å²) in [5, 5.41) is 0. The Morgan fingerprint density at radius 3 is 3.12 bits per heavy atom. The highest BCUT2D eigenvalue weighted by Crippen LogP contribution is 2.06. The Morgan fingerprint density at radius 2 is 2.62 bits per heavy atom. The van der Waals surface area contributed by atoms with Gasteiger partial charge in [-0.3, -0.25) is 0 Å². The second-order valence-corrected chi connectivity index (χ2v) is 2.06. The molecule has 0 atom stereocenters. The second-order valence-electron chi connectivity index (χ2n) is 1.21. The molecule has 0 radical (unpaired) electrons. The van der Waals surface area contributed by atoms with Crippen molar-refractivity contribution in [2.45, 2.75) is 0 Å². The lowest BCUT2D eigenvalue weighted by Gasteiger charge is -1.85. The van der Waals surface area contributed by atoms with Gasteiger partial charge in [-0.25, -0.2) is 4.98 Å². The Labute approximate surface area is 56.1 Å². The van der Waals surface area contributed by atoms with Gasteiger partial charge >= 0.3 is 0 Å². The van der Waals surface area contributed by atoms with Crippen LogP contribution >= 0.6 is 15.9 Å². The third-order valence-electron chi connectivity index (χ3n) is 0.631. The van der Waals surface area contributed by atoms with Crippen LogP contribution in [0.4, 0.5) is 4.39 Å². The predicted octanol–water partition coefficient (Wildman–Crippen LogP) is 1.98. The molecular formula is C5H3BrFN. The minimum Gasteiger partial charge on any atom is -0.228 e. The van der Waals surface area contributed by atoms with Gasteiger partial charge in [0.2, 0.25) is 5.95 Å². The van der Waals surface area contributed by atoms with E-state index in [2.05, 4.69) is 20.9 Å². The third-order valence-corrected chi connectivity index (χ3v) is 1.09. The summed E-state index contributed by atoms with van der Waals surface area (Å²) >= 11 is 2.98. The normalized spacial score (nSPS) is 11.0. The summed E-state index contributed by atoms with van der Waals surface area (Å²) < 4.78 is 19.6. The van der Waals surface area contributed by atoms with Crippen LogP contribution in [0, 0.1) is 5.95 Å². The number of hydrogen-bond acceptors (Lipinski definition) is 1. The van der Waals surface area contributed by atoms with Crippen LogP contribution in [0.15, 0.2) is 22.8 Å². The van der Waals surface area contributed by atoms with E-state index in [0.717, 1.165) is 0 Å². The molecule has 0 saturated heterocycles. The Bertz CT molecular complexity index is 208. The first-order chi connectivity index (χ1) is 4.22. The van der Waals surface area contributed by atoms with Gasteiger partial charge in [0.1, 0.15) is 0 Å². The van der Waals surface area contributed by atoms with Gasteiger partial charge in [-0.2, -0.15) is 4.39 Å². The predicted molar refractivity (Wildman–Crippen MR) is 31.9 cm³/mol. The fourth-order valence-corrected chi connectivity index (χ4v) is 0.622. The van der Waals surface area contributed by atoms with Crippen LogP contribution in [-0.4, -0.2) is 4.98 Å². The molecule has 1 rings (SSSR count). The van der Waals surface area contributed by atoms with E-state index in [1.165, 1.54) is 12.3 Å². The molecular weight excluding hydrogens is 173 g/mol. The maximum Gasteiger partial charge on any atom is 0.213 e. The number of halogens is 2. The van der Waals surface area contributed by atoms with E-state index in [4.69, 9.17) is 1.37 Å². The van der Waals surface area contributed by atoms with E-state index in [9.17, 15) is 4.39 Å². The van der Waals surface area contributed by atoms with Gasteiger partial charge in [0, 0.05) is 16.7 Å². The maximum absolute atomic E-state index is 12.3. The molecule has 8 heavy (non-hydrogen) atoms. The van der Waals surface area contributed by atoms with Gasteiger partial charge in [0.05, 0.1) is 1.37 Å². The summed E-state index contributed by atoms with van der Waals surface area (Å²) in [4.78, 5) is 3.26. The molecule has 0 N–H and O–H groups in total. The Morgan fingerprint density at radius 1 is 1.88 bits per heavy atom. The molecule has 3 heteroatoms. The third kappa shape index (κ3) is 1.26. The van der Waals surface area contributed by atoms with Gasteiger partial charge < -0.3 is 0 Å². The summed E-state index contributed by atoms with van der Waals surface area (Å²) in [5.41, 5.74) is 0. The van der Waals surface area contributed by atoms with Crippen LogP contribution in [0.5, 0.6) is 0 Å². The van der Waals surface area contributed by atoms with Crippen LogP contribution in [-0.2, 0) is 0 Å². The fourth-order valence-electron chi connectivity index (χ4n) is 0.341. The van der Waals surface area contributed by atoms with Gasteiger partial charge in [-0.1, -0.05) is 15.9 Å². The van der Waals surface area contributed by atoms with Crippen molar-refractivity contribution < 1.29 is 5.76 Å². The minimum atomic E-state index is -0.746. The molecule has 0 unspecified atom stereocenters. The van der Waals surface area contributed by atoms with Gasteiger partial charge in [0.25, 0.3) is 0 Å². The topological polar surface area (TPSA) is 12.9 Å². The standard InChI is InChI=1S/C5H3BrFN/c6-4-1-2-8-5(7)3-4/h1-3H/i3D. The molecule has 0 spiro atoms. The molecule has 1 aromatic heterocycles. The first kappa shape index (κ1) is 4.44. The molecule has 1 nitrogen and oxygen atoms in total. The minimum absolute atomic E-state index is 0.197. The Kier molecular flexibility index (Phi) is 1.23. The van der Waals surface area contributed by atoms with E-state index in [1.54, 1.807) is 0 Å². The van der Waals surface area contributed by atoms with Crippen molar-refractivity contribution in [1.29, 1.82) is 0 Å². The SMILES string of the molecule is [2H]c1c(Br)ccnc1F. The van der Waals surface area contributed by atoms with Crippen molar-refractivity contribution in [3.8, 4) is 0 Å². The molecule has 42 valence electrons. The average Bonchev–Trinajstić information content (AvgIpc) is 1.83. The van der Waals surface area contributed by atoms with Crippen LogP contribution < -0.4 is 0 Å². The summed E-state index contributed by atoms with van der Waals surface area (Å²) in [6.07, 6.45) is 1.30. The zero-order valence-electron chi connectivity index (χ0n) is 4.86. The van der Waals surface area contributed by atoms with Crippen molar-refractivity contribution in [1.82, 2.24) is 4.98 Å². The highest BCUT2D eigenvalue weighted by molar-refractivity contribution is 9.10. The molecule has 1 heterocycles. The highest BCUT2D eigenvalue weighted by Gasteiger charge is 1.87. The lowest BCUT2D eigenvalue weighted by molar-refractivity contribution is 0.583. The average molecular weight is 177 g/mol. The van der Waals surface area contributed by atoms with Crippen LogP contribution in [0.25, 0.3) is 0 Å². The van der Waals surface area contributed by atoms with Crippen molar-refractivity contribution >= 4 is 15.9 Å². The Hall–Kier alpha value is -0.440. The first-order valence-corrected chi connectivity index (χ1v) is 2.77. The van der Waals surface area contributed by atoms with E-state index < -0.39 is 5.95 Å². The van der Waals surface area contributed by atoms with E-state index >= 15 is 0 Å². The lowest BCUT2D eigenvalue weighted by Crippen LogP contribution is -1.76. The first-order valence-electron chi connectivity index (χ1n) is 2.48. The van der Waals surface area contributed by atoms with Crippen molar-refractivity contribution in [2.24, 2.45) is 0 Å². The second kappa shape index (κ2) is 2.22. The van der Waals surface area contributed by atoms with E-state index in [0.29, 0.717) is 4.47 Å². The molecule has 1 aromatic rings. The van der Waals surface area contributed by atoms with Crippen LogP contribution in [0.3, 0.4) is 0 Å². The number of aromatic nitrogens is 1. The molecule has 0 aromatic carbocycles. The number of hydrogen-bond donors (Lipinski definition) is 0. The quantitative estimate of drug-likeness (QED) is 0.552. The van der Waals surface area contributed by atoms with Gasteiger partial charge in [0.15, 0.2) is 0 Å². The largest absolute Gasteiger partial charge is 0.228 e. The zero-order valence-corrected chi connectivity index (χ0v) is 5.44. The molecule has 0 fully saturated rings. The summed E-state index contributed by atoms with van der Waals surface area (Å²) in [6.45, 7) is 0. The van der Waals surface area contributed by atoms with Gasteiger partial charge in [-0.05, 0) is 6.07 Å². The number of rotatable bonds is 0. The lowest BCUT2D eigenvalue weighted by atomic mass is 10.5. The van der Waals surface area contributed by atoms with Crippen LogP contribution in [0.2, 0.25) is 0 Å². The number of nitrogens with zero attached hydrogens (tertiary/aromatic N) is 1. The van der Waals surface area contributed by atoms with Crippen molar-refractivity contribution in [2.75, 3.05) is 0 Å². The monoisotopic (exact) mass is 176 g/mol. The molecule has 0 saturated carbocycles. The highest BCUT2D eigenvalue weighted by atomic mass is 79.9. The van der Waals surface area contributed by atoms with Crippen molar-refractivity contribution in [3.63, 3.8) is 0 Å². The van der Waals surface area contributed by atoms with E-state index in [-0.39, 0.29) is 6.04 Å². The number of pyridine rings is 1. The molecule has 0 amide bonds. The molecule has 0 bridgehead atoms. The Balaban J connectivity index is 3.25. The zero-order chi connectivity index (χ0) is 6.85. The molecule has 0 aliphatic carbocycles. The van der Waals surface area contributed by atoms with Crippen molar-refractivity contribution in [3.05, 3.63) is 28.7 Å². The summed E-state index contributed by atoms with van der Waals surface area (Å²) in [5.74, 6) is -0.746. The molecule has 0 aliphatic rings.